The molecule has 0 aliphatic heterocycles. The number of pyridine rings is 1. The van der Waals surface area contributed by atoms with Gasteiger partial charge in [0, 0.05) is 12.4 Å². The molecule has 0 unspecified atom stereocenters. The first-order chi connectivity index (χ1) is 10.2. The number of nitrogens with zero attached hydrogens (tertiary/aromatic N) is 3. The van der Waals surface area contributed by atoms with Gasteiger partial charge in [-0.3, -0.25) is 4.57 Å². The Kier molecular flexibility index (Phi) is 3.76. The maximum atomic E-state index is 11.4. The van der Waals surface area contributed by atoms with E-state index in [1.807, 2.05) is 24.3 Å². The standard InChI is InChI=1S/C14H15N5OS/c1-19-13(20)17-18-14(19)21-12-10(6-7-15)8-9-4-2-3-5-11(9)16-12/h2-5,8H,6-7,15H2,1H3,(H,17,20). The highest BCUT2D eigenvalue weighted by Crippen LogP contribution is 2.29. The fraction of sp³-hybridized carbons (Fsp3) is 0.214. The topological polar surface area (TPSA) is 89.6 Å². The minimum absolute atomic E-state index is 0.237. The van der Waals surface area contributed by atoms with Crippen LogP contribution in [0.3, 0.4) is 0 Å². The van der Waals surface area contributed by atoms with Gasteiger partial charge in [-0.15, -0.1) is 5.10 Å². The van der Waals surface area contributed by atoms with Gasteiger partial charge >= 0.3 is 5.69 Å². The molecule has 1 aromatic carbocycles. The van der Waals surface area contributed by atoms with Crippen molar-refractivity contribution in [3.63, 3.8) is 0 Å². The van der Waals surface area contributed by atoms with Crippen molar-refractivity contribution in [1.29, 1.82) is 0 Å². The summed E-state index contributed by atoms with van der Waals surface area (Å²) in [6.45, 7) is 0.549. The van der Waals surface area contributed by atoms with Gasteiger partial charge in [-0.1, -0.05) is 18.2 Å². The number of aromatic amines is 1. The Morgan fingerprint density at radius 1 is 1.38 bits per heavy atom. The second-order valence-electron chi connectivity index (χ2n) is 4.66. The molecule has 7 heteroatoms. The van der Waals surface area contributed by atoms with Gasteiger partial charge in [0.2, 0.25) is 0 Å². The second-order valence-corrected chi connectivity index (χ2v) is 5.61. The third-order valence-electron chi connectivity index (χ3n) is 3.20. The van der Waals surface area contributed by atoms with Crippen molar-refractivity contribution >= 4 is 22.7 Å². The molecule has 2 heterocycles. The highest BCUT2D eigenvalue weighted by atomic mass is 32.2. The first kappa shape index (κ1) is 13.8. The van der Waals surface area contributed by atoms with Crippen molar-refractivity contribution in [2.75, 3.05) is 6.54 Å². The van der Waals surface area contributed by atoms with E-state index in [0.29, 0.717) is 11.7 Å². The monoisotopic (exact) mass is 301 g/mol. The summed E-state index contributed by atoms with van der Waals surface area (Å²) < 4.78 is 1.47. The lowest BCUT2D eigenvalue weighted by Gasteiger charge is -2.09. The van der Waals surface area contributed by atoms with Crippen molar-refractivity contribution < 1.29 is 0 Å². The summed E-state index contributed by atoms with van der Waals surface area (Å²) in [6, 6.07) is 10.0. The van der Waals surface area contributed by atoms with Crippen LogP contribution in [0.5, 0.6) is 0 Å². The molecule has 0 atom stereocenters. The first-order valence-electron chi connectivity index (χ1n) is 6.57. The van der Waals surface area contributed by atoms with Crippen molar-refractivity contribution in [3.05, 3.63) is 46.4 Å². The molecule has 0 fully saturated rings. The molecule has 3 aromatic rings. The van der Waals surface area contributed by atoms with Crippen LogP contribution in [0, 0.1) is 0 Å². The van der Waals surface area contributed by atoms with E-state index in [1.54, 1.807) is 7.05 Å². The van der Waals surface area contributed by atoms with Gasteiger partial charge in [0.15, 0.2) is 5.16 Å². The zero-order valence-corrected chi connectivity index (χ0v) is 12.4. The predicted molar refractivity (Wildman–Crippen MR) is 82.5 cm³/mol. The second kappa shape index (κ2) is 5.71. The van der Waals surface area contributed by atoms with E-state index in [1.165, 1.54) is 16.3 Å². The highest BCUT2D eigenvalue weighted by Gasteiger charge is 2.12. The van der Waals surface area contributed by atoms with E-state index in [0.717, 1.165) is 27.9 Å². The van der Waals surface area contributed by atoms with Crippen LogP contribution in [0.1, 0.15) is 5.56 Å². The molecule has 3 rings (SSSR count). The molecule has 6 nitrogen and oxygen atoms in total. The SMILES string of the molecule is Cn1c(Sc2nc3ccccc3cc2CCN)n[nH]c1=O. The maximum Gasteiger partial charge on any atom is 0.343 e. The molecule has 0 spiro atoms. The number of aromatic nitrogens is 4. The van der Waals surface area contributed by atoms with Gasteiger partial charge in [-0.25, -0.2) is 14.9 Å². The van der Waals surface area contributed by atoms with Crippen molar-refractivity contribution in [2.45, 2.75) is 16.6 Å². The Balaban J connectivity index is 2.08. The minimum atomic E-state index is -0.237. The third kappa shape index (κ3) is 2.70. The Bertz CT molecular complexity index is 839. The van der Waals surface area contributed by atoms with Gasteiger partial charge < -0.3 is 5.73 Å². The average molecular weight is 301 g/mol. The summed E-state index contributed by atoms with van der Waals surface area (Å²) in [7, 11) is 1.68. The van der Waals surface area contributed by atoms with Gasteiger partial charge in [-0.05, 0) is 42.4 Å². The van der Waals surface area contributed by atoms with Crippen LogP contribution < -0.4 is 11.4 Å². The normalized spacial score (nSPS) is 11.1. The zero-order valence-electron chi connectivity index (χ0n) is 11.5. The summed E-state index contributed by atoms with van der Waals surface area (Å²) in [4.78, 5) is 16.1. The number of nitrogens with one attached hydrogen (secondary N) is 1. The Morgan fingerprint density at radius 3 is 2.90 bits per heavy atom. The lowest BCUT2D eigenvalue weighted by atomic mass is 10.1. The summed E-state index contributed by atoms with van der Waals surface area (Å²) >= 11 is 1.37. The molecule has 3 N–H and O–H groups in total. The van der Waals surface area contributed by atoms with Crippen molar-refractivity contribution in [3.8, 4) is 0 Å². The third-order valence-corrected chi connectivity index (χ3v) is 4.30. The number of para-hydroxylation sites is 1. The number of fused-ring (bicyclic) bond motifs is 1. The number of rotatable bonds is 4. The molecule has 21 heavy (non-hydrogen) atoms. The van der Waals surface area contributed by atoms with Gasteiger partial charge in [-0.2, -0.15) is 0 Å². The van der Waals surface area contributed by atoms with E-state index in [-0.39, 0.29) is 5.69 Å². The molecule has 0 amide bonds. The molecule has 0 radical (unpaired) electrons. The van der Waals surface area contributed by atoms with E-state index in [2.05, 4.69) is 21.2 Å². The van der Waals surface area contributed by atoms with Crippen LogP contribution in [0.2, 0.25) is 0 Å². The molecule has 0 aliphatic carbocycles. The summed E-state index contributed by atoms with van der Waals surface area (Å²) in [5.41, 5.74) is 7.43. The molecule has 0 aliphatic rings. The number of H-pyrrole nitrogens is 1. The molecule has 2 aromatic heterocycles. The van der Waals surface area contributed by atoms with E-state index in [4.69, 9.17) is 5.73 Å². The summed E-state index contributed by atoms with van der Waals surface area (Å²) in [5.74, 6) is 0. The number of nitrogens with two attached hydrogens (primary N) is 1. The van der Waals surface area contributed by atoms with Crippen LogP contribution in [0.15, 0.2) is 45.3 Å². The Labute approximate surface area is 125 Å². The van der Waals surface area contributed by atoms with Crippen LogP contribution in [-0.2, 0) is 13.5 Å². The lowest BCUT2D eigenvalue weighted by Crippen LogP contribution is -2.13. The van der Waals surface area contributed by atoms with Crippen LogP contribution in [0.4, 0.5) is 0 Å². The van der Waals surface area contributed by atoms with Crippen molar-refractivity contribution in [2.24, 2.45) is 12.8 Å². The zero-order chi connectivity index (χ0) is 14.8. The Morgan fingerprint density at radius 2 is 2.19 bits per heavy atom. The summed E-state index contributed by atoms with van der Waals surface area (Å²) in [6.07, 6.45) is 0.735. The molecular weight excluding hydrogens is 286 g/mol. The maximum absolute atomic E-state index is 11.4. The molecule has 0 bridgehead atoms. The van der Waals surface area contributed by atoms with E-state index >= 15 is 0 Å². The van der Waals surface area contributed by atoms with Crippen LogP contribution >= 0.6 is 11.8 Å². The van der Waals surface area contributed by atoms with Crippen LogP contribution in [-0.4, -0.2) is 26.3 Å². The van der Waals surface area contributed by atoms with E-state index in [9.17, 15) is 4.79 Å². The number of hydrogen-bond acceptors (Lipinski definition) is 5. The number of hydrogen-bond donors (Lipinski definition) is 2. The van der Waals surface area contributed by atoms with Crippen LogP contribution in [0.25, 0.3) is 10.9 Å². The molecule has 108 valence electrons. The fourth-order valence-electron chi connectivity index (χ4n) is 2.08. The van der Waals surface area contributed by atoms with Gasteiger partial charge in [0.25, 0.3) is 0 Å². The smallest absolute Gasteiger partial charge is 0.330 e. The lowest BCUT2D eigenvalue weighted by molar-refractivity contribution is 0.764. The minimum Gasteiger partial charge on any atom is -0.330 e. The highest BCUT2D eigenvalue weighted by molar-refractivity contribution is 7.99. The fourth-order valence-corrected chi connectivity index (χ4v) is 3.00. The molecule has 0 saturated carbocycles. The van der Waals surface area contributed by atoms with Crippen molar-refractivity contribution in [1.82, 2.24) is 19.7 Å². The van der Waals surface area contributed by atoms with E-state index < -0.39 is 0 Å². The first-order valence-corrected chi connectivity index (χ1v) is 7.38. The summed E-state index contributed by atoms with van der Waals surface area (Å²) in [5, 5.41) is 8.94. The average Bonchev–Trinajstić information content (AvgIpc) is 2.80. The van der Waals surface area contributed by atoms with Gasteiger partial charge in [0.1, 0.15) is 5.03 Å². The molecular formula is C14H15N5OS. The van der Waals surface area contributed by atoms with Gasteiger partial charge in [0.05, 0.1) is 5.52 Å². The molecule has 0 saturated heterocycles. The Hall–Kier alpha value is -2.12. The predicted octanol–water partition coefficient (Wildman–Crippen LogP) is 1.31. The quantitative estimate of drug-likeness (QED) is 0.758. The number of benzene rings is 1. The largest absolute Gasteiger partial charge is 0.343 e.